The maximum Gasteiger partial charge on any atom is 0.0640 e. The third-order valence-electron chi connectivity index (χ3n) is 1.91. The summed E-state index contributed by atoms with van der Waals surface area (Å²) in [6.45, 7) is 0. The molecule has 1 heterocycles. The van der Waals surface area contributed by atoms with Crippen LogP contribution in [0.1, 0.15) is 0 Å². The lowest BCUT2D eigenvalue weighted by molar-refractivity contribution is 1.64. The molecule has 0 radical (unpaired) electrons. The van der Waals surface area contributed by atoms with E-state index in [1.807, 2.05) is 6.07 Å². The number of benzene rings is 1. The Kier molecular flexibility index (Phi) is 2.53. The van der Waals surface area contributed by atoms with Crippen LogP contribution < -0.4 is 5.73 Å². The van der Waals surface area contributed by atoms with Gasteiger partial charge >= 0.3 is 0 Å². The topological polar surface area (TPSA) is 26.0 Å². The van der Waals surface area contributed by atoms with Gasteiger partial charge in [0, 0.05) is 20.1 Å². The molecule has 1 aromatic carbocycles. The third kappa shape index (κ3) is 1.47. The van der Waals surface area contributed by atoms with E-state index in [4.69, 9.17) is 5.73 Å². The molecule has 4 heteroatoms. The summed E-state index contributed by atoms with van der Waals surface area (Å²) in [5.74, 6) is 0. The maximum atomic E-state index is 5.94. The Labute approximate surface area is 93.4 Å². The summed E-state index contributed by atoms with van der Waals surface area (Å²) in [5.41, 5.74) is 6.79. The summed E-state index contributed by atoms with van der Waals surface area (Å²) in [7, 11) is 0. The van der Waals surface area contributed by atoms with E-state index in [2.05, 4.69) is 33.6 Å². The van der Waals surface area contributed by atoms with Crippen LogP contribution in [0.2, 0.25) is 0 Å². The van der Waals surface area contributed by atoms with Crippen molar-refractivity contribution in [3.8, 4) is 0 Å². The van der Waals surface area contributed by atoms with Crippen LogP contribution >= 0.6 is 39.0 Å². The first-order chi connectivity index (χ1) is 6.24. The summed E-state index contributed by atoms with van der Waals surface area (Å²) in [4.78, 5) is 1.30. The molecule has 1 aromatic heterocycles. The van der Waals surface area contributed by atoms with Gasteiger partial charge in [-0.2, -0.15) is 0 Å². The average Bonchev–Trinajstić information content (AvgIpc) is 2.55. The molecule has 0 aliphatic heterocycles. The van der Waals surface area contributed by atoms with E-state index in [0.29, 0.717) is 0 Å². The van der Waals surface area contributed by atoms with Crippen LogP contribution in [0.3, 0.4) is 0 Å². The molecule has 0 aliphatic rings. The van der Waals surface area contributed by atoms with Crippen LogP contribution in [0.25, 0.3) is 10.1 Å². The van der Waals surface area contributed by atoms with Crippen molar-refractivity contribution in [3.05, 3.63) is 22.0 Å². The predicted octanol–water partition coefficient (Wildman–Crippen LogP) is 3.97. The lowest BCUT2D eigenvalue weighted by Crippen LogP contribution is -1.85. The normalized spacial score (nSPS) is 10.9. The summed E-state index contributed by atoms with van der Waals surface area (Å²) < 4.78 is 2.16. The van der Waals surface area contributed by atoms with Crippen LogP contribution in [0.5, 0.6) is 0 Å². The largest absolute Gasteiger partial charge is 0.397 e. The lowest BCUT2D eigenvalue weighted by Gasteiger charge is -1.99. The van der Waals surface area contributed by atoms with Gasteiger partial charge in [-0.15, -0.1) is 23.1 Å². The number of halogens is 1. The lowest BCUT2D eigenvalue weighted by atomic mass is 10.2. The first-order valence-corrected chi connectivity index (χ1v) is 6.63. The number of hydrogen-bond donors (Lipinski definition) is 1. The molecule has 0 unspecified atom stereocenters. The zero-order valence-corrected chi connectivity index (χ0v) is 10.2. The Balaban J connectivity index is 2.81. The van der Waals surface area contributed by atoms with Crippen LogP contribution in [0, 0.1) is 0 Å². The zero-order chi connectivity index (χ0) is 9.42. The molecule has 2 aromatic rings. The number of thiophene rings is 1. The van der Waals surface area contributed by atoms with E-state index in [1.54, 1.807) is 23.1 Å². The minimum Gasteiger partial charge on any atom is -0.397 e. The molecule has 0 amide bonds. The number of rotatable bonds is 1. The first-order valence-electron chi connectivity index (χ1n) is 3.73. The average molecular weight is 274 g/mol. The molecule has 2 N–H and O–H groups in total. The smallest absolute Gasteiger partial charge is 0.0640 e. The van der Waals surface area contributed by atoms with Crippen molar-refractivity contribution >= 4 is 54.8 Å². The Morgan fingerprint density at radius 1 is 1.46 bits per heavy atom. The van der Waals surface area contributed by atoms with Crippen molar-refractivity contribution in [3.63, 3.8) is 0 Å². The molecule has 1 nitrogen and oxygen atoms in total. The van der Waals surface area contributed by atoms with Crippen LogP contribution in [0.4, 0.5) is 5.69 Å². The van der Waals surface area contributed by atoms with E-state index in [-0.39, 0.29) is 0 Å². The molecule has 0 spiro atoms. The van der Waals surface area contributed by atoms with Crippen LogP contribution in [0.15, 0.2) is 26.9 Å². The molecule has 0 saturated carbocycles. The minimum absolute atomic E-state index is 0.850. The fourth-order valence-corrected chi connectivity index (χ4v) is 3.57. The predicted molar refractivity (Wildman–Crippen MR) is 65.7 cm³/mol. The Morgan fingerprint density at radius 3 is 2.92 bits per heavy atom. The van der Waals surface area contributed by atoms with E-state index in [1.165, 1.54) is 15.0 Å². The first kappa shape index (κ1) is 9.37. The molecule has 13 heavy (non-hydrogen) atoms. The number of hydrogen-bond acceptors (Lipinski definition) is 3. The van der Waals surface area contributed by atoms with Crippen molar-refractivity contribution in [2.75, 3.05) is 12.0 Å². The highest BCUT2D eigenvalue weighted by Crippen LogP contribution is 2.38. The standard InChI is InChI=1S/C9H8BrNS2/c1-12-7-4-13-9-5(7)2-3-6(10)8(9)11/h2-4H,11H2,1H3. The van der Waals surface area contributed by atoms with Crippen molar-refractivity contribution in [2.24, 2.45) is 0 Å². The molecule has 0 aliphatic carbocycles. The molecular weight excluding hydrogens is 266 g/mol. The second-order valence-electron chi connectivity index (χ2n) is 2.64. The molecule has 0 bridgehead atoms. The van der Waals surface area contributed by atoms with Crippen molar-refractivity contribution in [2.45, 2.75) is 4.90 Å². The van der Waals surface area contributed by atoms with Crippen LogP contribution in [-0.2, 0) is 0 Å². The summed E-state index contributed by atoms with van der Waals surface area (Å²) in [6.07, 6.45) is 2.08. The van der Waals surface area contributed by atoms with Gasteiger partial charge in [-0.3, -0.25) is 0 Å². The highest BCUT2D eigenvalue weighted by molar-refractivity contribution is 9.10. The van der Waals surface area contributed by atoms with Crippen molar-refractivity contribution in [1.29, 1.82) is 0 Å². The van der Waals surface area contributed by atoms with E-state index in [0.717, 1.165) is 10.2 Å². The van der Waals surface area contributed by atoms with Gasteiger partial charge in [0.15, 0.2) is 0 Å². The van der Waals surface area contributed by atoms with E-state index >= 15 is 0 Å². The van der Waals surface area contributed by atoms with Crippen molar-refractivity contribution in [1.82, 2.24) is 0 Å². The Morgan fingerprint density at radius 2 is 2.23 bits per heavy atom. The van der Waals surface area contributed by atoms with Crippen molar-refractivity contribution < 1.29 is 0 Å². The Hall–Kier alpha value is -0.190. The van der Waals surface area contributed by atoms with Gasteiger partial charge in [-0.05, 0) is 28.3 Å². The summed E-state index contributed by atoms with van der Waals surface area (Å²) >= 11 is 6.88. The molecular formula is C9H8BrNS2. The van der Waals surface area contributed by atoms with Gasteiger partial charge in [0.25, 0.3) is 0 Å². The fraction of sp³-hybridized carbons (Fsp3) is 0.111. The molecule has 68 valence electrons. The molecule has 0 saturated heterocycles. The second-order valence-corrected chi connectivity index (χ2v) is 5.22. The minimum atomic E-state index is 0.850. The second kappa shape index (κ2) is 3.52. The Bertz CT molecular complexity index is 450. The molecule has 0 atom stereocenters. The highest BCUT2D eigenvalue weighted by Gasteiger charge is 2.07. The van der Waals surface area contributed by atoms with Crippen LogP contribution in [-0.4, -0.2) is 6.26 Å². The number of nitrogens with two attached hydrogens (primary N) is 1. The van der Waals surface area contributed by atoms with Gasteiger partial charge < -0.3 is 5.73 Å². The fourth-order valence-electron chi connectivity index (χ4n) is 1.23. The maximum absolute atomic E-state index is 5.94. The van der Waals surface area contributed by atoms with Gasteiger partial charge in [-0.1, -0.05) is 6.07 Å². The molecule has 2 rings (SSSR count). The SMILES string of the molecule is CSc1csc2c(N)c(Br)ccc12. The number of fused-ring (bicyclic) bond motifs is 1. The van der Waals surface area contributed by atoms with E-state index in [9.17, 15) is 0 Å². The number of anilines is 1. The van der Waals surface area contributed by atoms with Gasteiger partial charge in [-0.25, -0.2) is 0 Å². The highest BCUT2D eigenvalue weighted by atomic mass is 79.9. The number of nitrogen functional groups attached to an aromatic ring is 1. The zero-order valence-electron chi connectivity index (χ0n) is 7.00. The van der Waals surface area contributed by atoms with E-state index < -0.39 is 0 Å². The van der Waals surface area contributed by atoms with Gasteiger partial charge in [0.05, 0.1) is 10.4 Å². The van der Waals surface area contributed by atoms with Gasteiger partial charge in [0.1, 0.15) is 0 Å². The summed E-state index contributed by atoms with van der Waals surface area (Å²) in [5, 5.41) is 3.41. The van der Waals surface area contributed by atoms with Gasteiger partial charge in [0.2, 0.25) is 0 Å². The summed E-state index contributed by atoms with van der Waals surface area (Å²) in [6, 6.07) is 4.11. The monoisotopic (exact) mass is 273 g/mol. The quantitative estimate of drug-likeness (QED) is 0.629. The number of thioether (sulfide) groups is 1. The molecule has 0 fully saturated rings. The third-order valence-corrected chi connectivity index (χ3v) is 4.56.